The number of fused-ring (bicyclic) bond motifs is 1. The molecule has 2 N–H and O–H groups in total. The number of aromatic nitrogens is 4. The number of carbonyl (C=O) groups is 1. The Bertz CT molecular complexity index is 1080. The van der Waals surface area contributed by atoms with Crippen molar-refractivity contribution in [2.75, 3.05) is 11.9 Å². The van der Waals surface area contributed by atoms with Crippen molar-refractivity contribution in [2.24, 2.45) is 0 Å². The standard InChI is InChI=1S/C20H19Cl2F3N6O/c21-13-4-2-12(3-5-13)14-10-15(20(23,24)25)31-18(28-14)16(22)17(29-31)19(32)27-6-1-8-30-9-7-26-11-30/h2-5,7,9,11,14-15,28H,1,6,8,10H2,(H,27,32)/t14-,15+/m1/s1. The maximum Gasteiger partial charge on any atom is 0.410 e. The van der Waals surface area contributed by atoms with Gasteiger partial charge in [-0.05, 0) is 24.1 Å². The molecule has 1 aliphatic rings. The lowest BCUT2D eigenvalue weighted by molar-refractivity contribution is -0.173. The predicted molar refractivity (Wildman–Crippen MR) is 114 cm³/mol. The van der Waals surface area contributed by atoms with E-state index in [1.807, 2.05) is 4.57 Å². The summed E-state index contributed by atoms with van der Waals surface area (Å²) in [6.07, 6.45) is 0.826. The van der Waals surface area contributed by atoms with Crippen LogP contribution in [0.1, 0.15) is 41.0 Å². The second kappa shape index (κ2) is 9.03. The first-order valence-electron chi connectivity index (χ1n) is 9.84. The van der Waals surface area contributed by atoms with Crippen molar-refractivity contribution in [1.82, 2.24) is 24.6 Å². The number of nitrogens with zero attached hydrogens (tertiary/aromatic N) is 4. The van der Waals surface area contributed by atoms with Gasteiger partial charge in [-0.3, -0.25) is 4.79 Å². The molecule has 0 radical (unpaired) electrons. The van der Waals surface area contributed by atoms with Crippen LogP contribution in [0.2, 0.25) is 10.0 Å². The number of benzene rings is 1. The zero-order valence-electron chi connectivity index (χ0n) is 16.6. The highest BCUT2D eigenvalue weighted by molar-refractivity contribution is 6.36. The maximum absolute atomic E-state index is 13.8. The molecule has 1 aromatic carbocycles. The average molecular weight is 487 g/mol. The largest absolute Gasteiger partial charge is 0.410 e. The highest BCUT2D eigenvalue weighted by atomic mass is 35.5. The third kappa shape index (κ3) is 4.71. The van der Waals surface area contributed by atoms with Gasteiger partial charge in [-0.1, -0.05) is 35.3 Å². The Kier molecular flexibility index (Phi) is 6.34. The summed E-state index contributed by atoms with van der Waals surface area (Å²) in [7, 11) is 0. The van der Waals surface area contributed by atoms with Crippen LogP contribution in [-0.2, 0) is 6.54 Å². The first-order valence-corrected chi connectivity index (χ1v) is 10.6. The molecule has 3 aromatic rings. The van der Waals surface area contributed by atoms with Crippen LogP contribution in [0, 0.1) is 0 Å². The molecule has 1 aliphatic heterocycles. The number of hydrogen-bond donors (Lipinski definition) is 2. The number of halogens is 5. The third-order valence-electron chi connectivity index (χ3n) is 5.22. The van der Waals surface area contributed by atoms with Gasteiger partial charge in [0.25, 0.3) is 5.91 Å². The van der Waals surface area contributed by atoms with Crippen molar-refractivity contribution in [2.45, 2.75) is 37.6 Å². The molecule has 7 nitrogen and oxygen atoms in total. The van der Waals surface area contributed by atoms with Gasteiger partial charge < -0.3 is 15.2 Å². The molecule has 0 spiro atoms. The van der Waals surface area contributed by atoms with Gasteiger partial charge in [0, 0.05) is 36.9 Å². The quantitative estimate of drug-likeness (QED) is 0.487. The number of amides is 1. The van der Waals surface area contributed by atoms with E-state index in [0.717, 1.165) is 4.68 Å². The van der Waals surface area contributed by atoms with Gasteiger partial charge in [-0.15, -0.1) is 0 Å². The molecule has 2 aromatic heterocycles. The molecule has 0 unspecified atom stereocenters. The third-order valence-corrected chi connectivity index (χ3v) is 5.83. The number of hydrogen-bond acceptors (Lipinski definition) is 4. The highest BCUT2D eigenvalue weighted by Gasteiger charge is 2.47. The second-order valence-electron chi connectivity index (χ2n) is 7.41. The van der Waals surface area contributed by atoms with Crippen molar-refractivity contribution in [3.05, 3.63) is 64.3 Å². The fourth-order valence-electron chi connectivity index (χ4n) is 3.61. The Morgan fingerprint density at radius 3 is 2.66 bits per heavy atom. The summed E-state index contributed by atoms with van der Waals surface area (Å²) in [5.74, 6) is -0.669. The fraction of sp³-hybridized carbons (Fsp3) is 0.350. The van der Waals surface area contributed by atoms with Crippen molar-refractivity contribution in [3.63, 3.8) is 0 Å². The van der Waals surface area contributed by atoms with Crippen LogP contribution < -0.4 is 10.6 Å². The molecule has 2 atom stereocenters. The van der Waals surface area contributed by atoms with Gasteiger partial charge in [0.05, 0.1) is 12.4 Å². The van der Waals surface area contributed by atoms with Crippen molar-refractivity contribution < 1.29 is 18.0 Å². The molecule has 12 heteroatoms. The maximum atomic E-state index is 13.8. The molecule has 0 saturated carbocycles. The van der Waals surface area contributed by atoms with E-state index in [1.165, 1.54) is 0 Å². The Hall–Kier alpha value is -2.72. The molecule has 0 aliphatic carbocycles. The summed E-state index contributed by atoms with van der Waals surface area (Å²) in [5, 5.41) is 9.91. The van der Waals surface area contributed by atoms with Gasteiger partial charge >= 0.3 is 6.18 Å². The lowest BCUT2D eigenvalue weighted by atomic mass is 9.97. The number of nitrogens with one attached hydrogen (secondary N) is 2. The van der Waals surface area contributed by atoms with E-state index in [9.17, 15) is 18.0 Å². The second-order valence-corrected chi connectivity index (χ2v) is 8.22. The number of alkyl halides is 3. The molecular weight excluding hydrogens is 468 g/mol. The van der Waals surface area contributed by atoms with Crippen LogP contribution in [0.4, 0.5) is 19.0 Å². The van der Waals surface area contributed by atoms with E-state index >= 15 is 0 Å². The van der Waals surface area contributed by atoms with Crippen molar-refractivity contribution >= 4 is 34.9 Å². The Morgan fingerprint density at radius 1 is 1.25 bits per heavy atom. The first-order chi connectivity index (χ1) is 15.2. The number of aryl methyl sites for hydroxylation is 1. The molecule has 170 valence electrons. The van der Waals surface area contributed by atoms with Crippen molar-refractivity contribution in [3.8, 4) is 0 Å². The minimum atomic E-state index is -4.57. The van der Waals surface area contributed by atoms with Gasteiger partial charge in [0.15, 0.2) is 11.7 Å². The number of rotatable bonds is 6. The van der Waals surface area contributed by atoms with Crippen LogP contribution in [-0.4, -0.2) is 38.0 Å². The molecular formula is C20H19Cl2F3N6O. The van der Waals surface area contributed by atoms with E-state index in [-0.39, 0.29) is 23.0 Å². The van der Waals surface area contributed by atoms with Crippen molar-refractivity contribution in [1.29, 1.82) is 0 Å². The van der Waals surface area contributed by atoms with Crippen LogP contribution in [0.25, 0.3) is 0 Å². The predicted octanol–water partition coefficient (Wildman–Crippen LogP) is 4.87. The average Bonchev–Trinajstić information content (AvgIpc) is 3.38. The number of anilines is 1. The molecule has 32 heavy (non-hydrogen) atoms. The lowest BCUT2D eigenvalue weighted by Crippen LogP contribution is -2.36. The van der Waals surface area contributed by atoms with E-state index in [2.05, 4.69) is 20.7 Å². The van der Waals surface area contributed by atoms with E-state index < -0.39 is 24.2 Å². The molecule has 0 bridgehead atoms. The zero-order chi connectivity index (χ0) is 22.9. The monoisotopic (exact) mass is 486 g/mol. The van der Waals surface area contributed by atoms with E-state index in [1.54, 1.807) is 43.0 Å². The van der Waals surface area contributed by atoms with Gasteiger partial charge in [-0.25, -0.2) is 9.67 Å². The van der Waals surface area contributed by atoms with Crippen LogP contribution in [0.15, 0.2) is 43.0 Å². The summed E-state index contributed by atoms with van der Waals surface area (Å²) in [6, 6.07) is 3.92. The minimum absolute atomic E-state index is 0.0382. The van der Waals surface area contributed by atoms with E-state index in [0.29, 0.717) is 30.1 Å². The Balaban J connectivity index is 1.53. The molecule has 4 rings (SSSR count). The number of carbonyl (C=O) groups excluding carboxylic acids is 1. The normalized spacial score (nSPS) is 18.2. The smallest absolute Gasteiger partial charge is 0.362 e. The SMILES string of the molecule is O=C(NCCCn1ccnc1)c1nn2c(c1Cl)N[C@@H](c1ccc(Cl)cc1)C[C@H]2C(F)(F)F. The fourth-order valence-corrected chi connectivity index (χ4v) is 4.01. The highest BCUT2D eigenvalue weighted by Crippen LogP contribution is 2.46. The first kappa shape index (κ1) is 22.5. The Morgan fingerprint density at radius 2 is 2.00 bits per heavy atom. The summed E-state index contributed by atoms with van der Waals surface area (Å²) >= 11 is 12.2. The van der Waals surface area contributed by atoms with Crippen LogP contribution >= 0.6 is 23.2 Å². The molecule has 0 saturated heterocycles. The van der Waals surface area contributed by atoms with Crippen LogP contribution in [0.5, 0.6) is 0 Å². The summed E-state index contributed by atoms with van der Waals surface area (Å²) < 4.78 is 44.1. The summed E-state index contributed by atoms with van der Waals surface area (Å²) in [5.41, 5.74) is 0.375. The van der Waals surface area contributed by atoms with Gasteiger partial charge in [0.1, 0.15) is 10.8 Å². The topological polar surface area (TPSA) is 76.8 Å². The number of imidazole rings is 1. The molecule has 3 heterocycles. The van der Waals surface area contributed by atoms with Gasteiger partial charge in [0.2, 0.25) is 0 Å². The van der Waals surface area contributed by atoms with Crippen LogP contribution in [0.3, 0.4) is 0 Å². The summed E-state index contributed by atoms with van der Waals surface area (Å²) in [4.78, 5) is 16.5. The minimum Gasteiger partial charge on any atom is -0.362 e. The lowest BCUT2D eigenvalue weighted by Gasteiger charge is -2.33. The summed E-state index contributed by atoms with van der Waals surface area (Å²) in [6.45, 7) is 0.938. The molecule has 1 amide bonds. The Labute approximate surface area is 191 Å². The molecule has 0 fully saturated rings. The zero-order valence-corrected chi connectivity index (χ0v) is 18.1. The van der Waals surface area contributed by atoms with E-state index in [4.69, 9.17) is 23.2 Å². The van der Waals surface area contributed by atoms with Gasteiger partial charge in [-0.2, -0.15) is 18.3 Å².